The van der Waals surface area contributed by atoms with Gasteiger partial charge in [0.05, 0.1) is 13.2 Å². The molecule has 0 aliphatic carbocycles. The van der Waals surface area contributed by atoms with Crippen molar-refractivity contribution < 1.29 is 9.53 Å². The number of anilines is 1. The first-order chi connectivity index (χ1) is 10.3. The van der Waals surface area contributed by atoms with Gasteiger partial charge in [0.25, 0.3) is 0 Å². The molecule has 0 saturated carbocycles. The van der Waals surface area contributed by atoms with Crippen molar-refractivity contribution in [3.05, 3.63) is 29.8 Å². The summed E-state index contributed by atoms with van der Waals surface area (Å²) in [6, 6.07) is 9.00. The second kappa shape index (κ2) is 6.91. The molecule has 5 nitrogen and oxygen atoms in total. The van der Waals surface area contributed by atoms with Crippen molar-refractivity contribution in [1.82, 2.24) is 10.6 Å². The third kappa shape index (κ3) is 3.95. The lowest BCUT2D eigenvalue weighted by molar-refractivity contribution is -0.119. The van der Waals surface area contributed by atoms with E-state index in [0.717, 1.165) is 45.8 Å². The third-order valence-corrected chi connectivity index (χ3v) is 4.12. The summed E-state index contributed by atoms with van der Waals surface area (Å²) in [6.45, 7) is 5.26. The minimum atomic E-state index is 0.177. The Balaban J connectivity index is 1.44. The lowest BCUT2D eigenvalue weighted by Crippen LogP contribution is -2.36. The fourth-order valence-corrected chi connectivity index (χ4v) is 2.87. The van der Waals surface area contributed by atoms with E-state index in [1.165, 1.54) is 11.3 Å². The van der Waals surface area contributed by atoms with Gasteiger partial charge in [-0.25, -0.2) is 0 Å². The molecule has 5 heteroatoms. The standard InChI is InChI=1S/C16H23N3O2/c20-16-6-3-14(18-16)12-17-11-13-1-4-15(5-2-13)19-7-9-21-10-8-19/h1-2,4-5,14,17H,3,6-12H2,(H,18,20). The van der Waals surface area contributed by atoms with Gasteiger partial charge >= 0.3 is 0 Å². The van der Waals surface area contributed by atoms with Gasteiger partial charge < -0.3 is 20.3 Å². The molecule has 2 aliphatic rings. The second-order valence-corrected chi connectivity index (χ2v) is 5.70. The molecule has 114 valence electrons. The Hall–Kier alpha value is -1.59. The first kappa shape index (κ1) is 14.4. The van der Waals surface area contributed by atoms with Gasteiger partial charge in [-0.05, 0) is 24.1 Å². The molecule has 0 bridgehead atoms. The number of nitrogens with zero attached hydrogens (tertiary/aromatic N) is 1. The topological polar surface area (TPSA) is 53.6 Å². The summed E-state index contributed by atoms with van der Waals surface area (Å²) in [5, 5.41) is 6.39. The molecular weight excluding hydrogens is 266 g/mol. The van der Waals surface area contributed by atoms with Crippen LogP contribution in [0, 0.1) is 0 Å². The highest BCUT2D eigenvalue weighted by atomic mass is 16.5. The predicted molar refractivity (Wildman–Crippen MR) is 82.3 cm³/mol. The molecule has 2 saturated heterocycles. The number of carbonyl (C=O) groups excluding carboxylic acids is 1. The van der Waals surface area contributed by atoms with Crippen LogP contribution in [-0.2, 0) is 16.1 Å². The summed E-state index contributed by atoms with van der Waals surface area (Å²) in [6.07, 6.45) is 1.61. The number of hydrogen-bond acceptors (Lipinski definition) is 4. The van der Waals surface area contributed by atoms with E-state index in [0.29, 0.717) is 12.5 Å². The number of ether oxygens (including phenoxy) is 1. The fourth-order valence-electron chi connectivity index (χ4n) is 2.87. The Morgan fingerprint density at radius 2 is 2.00 bits per heavy atom. The Bertz CT molecular complexity index is 469. The maximum absolute atomic E-state index is 11.1. The fraction of sp³-hybridized carbons (Fsp3) is 0.562. The molecule has 2 N–H and O–H groups in total. The Labute approximate surface area is 125 Å². The van der Waals surface area contributed by atoms with Crippen LogP contribution in [0.15, 0.2) is 24.3 Å². The molecule has 1 atom stereocenters. The molecule has 0 aromatic heterocycles. The molecule has 0 spiro atoms. The number of rotatable bonds is 5. The molecular formula is C16H23N3O2. The quantitative estimate of drug-likeness (QED) is 0.845. The molecule has 1 aromatic carbocycles. The van der Waals surface area contributed by atoms with E-state index in [9.17, 15) is 4.79 Å². The van der Waals surface area contributed by atoms with Crippen LogP contribution in [0.25, 0.3) is 0 Å². The smallest absolute Gasteiger partial charge is 0.220 e. The van der Waals surface area contributed by atoms with Crippen molar-refractivity contribution in [2.75, 3.05) is 37.7 Å². The summed E-state index contributed by atoms with van der Waals surface area (Å²) in [5.41, 5.74) is 2.54. The van der Waals surface area contributed by atoms with Crippen LogP contribution in [-0.4, -0.2) is 44.8 Å². The van der Waals surface area contributed by atoms with Crippen molar-refractivity contribution in [3.63, 3.8) is 0 Å². The number of carbonyl (C=O) groups is 1. The van der Waals surface area contributed by atoms with Crippen molar-refractivity contribution in [1.29, 1.82) is 0 Å². The Morgan fingerprint density at radius 1 is 1.24 bits per heavy atom. The van der Waals surface area contributed by atoms with Crippen molar-refractivity contribution in [2.45, 2.75) is 25.4 Å². The van der Waals surface area contributed by atoms with E-state index < -0.39 is 0 Å². The average Bonchev–Trinajstić information content (AvgIpc) is 2.94. The lowest BCUT2D eigenvalue weighted by Gasteiger charge is -2.28. The maximum Gasteiger partial charge on any atom is 0.220 e. The van der Waals surface area contributed by atoms with Gasteiger partial charge in [-0.1, -0.05) is 12.1 Å². The van der Waals surface area contributed by atoms with Gasteiger partial charge in [-0.15, -0.1) is 0 Å². The Kier molecular flexibility index (Phi) is 4.72. The summed E-state index contributed by atoms with van der Waals surface area (Å²) >= 11 is 0. The summed E-state index contributed by atoms with van der Waals surface area (Å²) in [7, 11) is 0. The van der Waals surface area contributed by atoms with Crippen LogP contribution in [0.1, 0.15) is 18.4 Å². The van der Waals surface area contributed by atoms with Gasteiger partial charge in [0.2, 0.25) is 5.91 Å². The van der Waals surface area contributed by atoms with Crippen molar-refractivity contribution in [2.24, 2.45) is 0 Å². The maximum atomic E-state index is 11.1. The highest BCUT2D eigenvalue weighted by molar-refractivity contribution is 5.78. The van der Waals surface area contributed by atoms with Gasteiger partial charge in [0, 0.05) is 44.3 Å². The van der Waals surface area contributed by atoms with Crippen LogP contribution in [0.3, 0.4) is 0 Å². The van der Waals surface area contributed by atoms with Crippen LogP contribution in [0.5, 0.6) is 0 Å². The van der Waals surface area contributed by atoms with Gasteiger partial charge in [-0.2, -0.15) is 0 Å². The normalized spacial score (nSPS) is 22.4. The first-order valence-corrected chi connectivity index (χ1v) is 7.73. The van der Waals surface area contributed by atoms with Gasteiger partial charge in [0.15, 0.2) is 0 Å². The molecule has 1 aromatic rings. The largest absolute Gasteiger partial charge is 0.378 e. The van der Waals surface area contributed by atoms with E-state index in [1.807, 2.05) is 0 Å². The second-order valence-electron chi connectivity index (χ2n) is 5.70. The number of morpholine rings is 1. The molecule has 3 rings (SSSR count). The van der Waals surface area contributed by atoms with E-state index in [4.69, 9.17) is 4.74 Å². The minimum Gasteiger partial charge on any atom is -0.378 e. The molecule has 0 radical (unpaired) electrons. The number of hydrogen-bond donors (Lipinski definition) is 2. The zero-order valence-electron chi connectivity index (χ0n) is 12.3. The monoisotopic (exact) mass is 289 g/mol. The van der Waals surface area contributed by atoms with Crippen molar-refractivity contribution in [3.8, 4) is 0 Å². The third-order valence-electron chi connectivity index (χ3n) is 4.12. The van der Waals surface area contributed by atoms with E-state index in [1.54, 1.807) is 0 Å². The van der Waals surface area contributed by atoms with Crippen LogP contribution in [0.4, 0.5) is 5.69 Å². The van der Waals surface area contributed by atoms with E-state index in [2.05, 4.69) is 39.8 Å². The SMILES string of the molecule is O=C1CCC(CNCc2ccc(N3CCOCC3)cc2)N1. The number of amides is 1. The van der Waals surface area contributed by atoms with Gasteiger partial charge in [-0.3, -0.25) is 4.79 Å². The summed E-state index contributed by atoms with van der Waals surface area (Å²) in [4.78, 5) is 13.5. The zero-order valence-corrected chi connectivity index (χ0v) is 12.3. The molecule has 21 heavy (non-hydrogen) atoms. The molecule has 2 aliphatic heterocycles. The average molecular weight is 289 g/mol. The predicted octanol–water partition coefficient (Wildman–Crippen LogP) is 0.891. The molecule has 2 heterocycles. The minimum absolute atomic E-state index is 0.177. The Morgan fingerprint density at radius 3 is 2.67 bits per heavy atom. The van der Waals surface area contributed by atoms with E-state index >= 15 is 0 Å². The number of benzene rings is 1. The van der Waals surface area contributed by atoms with Crippen molar-refractivity contribution >= 4 is 11.6 Å². The van der Waals surface area contributed by atoms with E-state index in [-0.39, 0.29) is 5.91 Å². The zero-order chi connectivity index (χ0) is 14.5. The van der Waals surface area contributed by atoms with Crippen LogP contribution in [0.2, 0.25) is 0 Å². The number of nitrogens with one attached hydrogen (secondary N) is 2. The first-order valence-electron chi connectivity index (χ1n) is 7.73. The van der Waals surface area contributed by atoms with Crippen LogP contribution >= 0.6 is 0 Å². The lowest BCUT2D eigenvalue weighted by atomic mass is 10.1. The summed E-state index contributed by atoms with van der Waals surface area (Å²) < 4.78 is 5.37. The molecule has 1 unspecified atom stereocenters. The highest BCUT2D eigenvalue weighted by Crippen LogP contribution is 2.16. The highest BCUT2D eigenvalue weighted by Gasteiger charge is 2.19. The van der Waals surface area contributed by atoms with Gasteiger partial charge in [0.1, 0.15) is 0 Å². The summed E-state index contributed by atoms with van der Waals surface area (Å²) in [5.74, 6) is 0.177. The molecule has 2 fully saturated rings. The molecule has 1 amide bonds. The van der Waals surface area contributed by atoms with Crippen LogP contribution < -0.4 is 15.5 Å².